The number of carbonyl (C=O) groups excluding carboxylic acids is 5. The summed E-state index contributed by atoms with van der Waals surface area (Å²) in [5, 5.41) is 4.89. The summed E-state index contributed by atoms with van der Waals surface area (Å²) in [5.41, 5.74) is -0.209. The first kappa shape index (κ1) is 42.1. The van der Waals surface area contributed by atoms with Gasteiger partial charge in [-0.05, 0) is 75.4 Å². The number of nitrogens with one attached hydrogen (secondary N) is 1. The average Bonchev–Trinajstić information content (AvgIpc) is 3.17. The fourth-order valence-corrected chi connectivity index (χ4v) is 12.7. The summed E-state index contributed by atoms with van der Waals surface area (Å²) in [6.07, 6.45) is -0.774. The highest BCUT2D eigenvalue weighted by Crippen LogP contribution is 2.50. The number of hydrogen-bond acceptors (Lipinski definition) is 8. The summed E-state index contributed by atoms with van der Waals surface area (Å²) >= 11 is 0. The zero-order valence-electron chi connectivity index (χ0n) is 33.3. The van der Waals surface area contributed by atoms with Gasteiger partial charge in [0.05, 0.1) is 23.5 Å². The number of Topliss-reactive ketones (excluding diaryl/α,β-unsaturated/α-hetero) is 1. The van der Waals surface area contributed by atoms with Crippen molar-refractivity contribution < 1.29 is 37.9 Å². The van der Waals surface area contributed by atoms with Gasteiger partial charge in [0.2, 0.25) is 12.7 Å². The Bertz CT molecular complexity index is 2030. The summed E-state index contributed by atoms with van der Waals surface area (Å²) in [4.78, 5) is 71.2. The van der Waals surface area contributed by atoms with E-state index in [2.05, 4.69) is 5.32 Å². The van der Waals surface area contributed by atoms with Gasteiger partial charge in [-0.25, -0.2) is 4.79 Å². The molecule has 1 aliphatic heterocycles. The number of nitrogens with zero attached hydrogens (tertiary/aromatic N) is 1. The van der Waals surface area contributed by atoms with Gasteiger partial charge in [0.15, 0.2) is 14.1 Å². The van der Waals surface area contributed by atoms with Crippen molar-refractivity contribution in [2.45, 2.75) is 65.9 Å². The second-order valence-electron chi connectivity index (χ2n) is 15.8. The second-order valence-corrected chi connectivity index (χ2v) is 23.5. The van der Waals surface area contributed by atoms with Gasteiger partial charge in [-0.1, -0.05) is 103 Å². The highest BCUT2D eigenvalue weighted by Gasteiger charge is 2.56. The van der Waals surface area contributed by atoms with Crippen LogP contribution in [-0.2, 0) is 28.3 Å². The largest absolute Gasteiger partial charge is 0.427 e. The Hall–Kier alpha value is -5.09. The van der Waals surface area contributed by atoms with Crippen LogP contribution in [-0.4, -0.2) is 74.2 Å². The predicted octanol–water partition coefficient (Wildman–Crippen LogP) is 5.90. The lowest BCUT2D eigenvalue weighted by atomic mass is 9.79. The molecule has 0 aromatic heterocycles. The molecule has 1 aliphatic rings. The topological polar surface area (TPSA) is 128 Å². The van der Waals surface area contributed by atoms with Crippen LogP contribution >= 0.6 is 6.89 Å². The van der Waals surface area contributed by atoms with E-state index < -0.39 is 63.3 Å². The molecule has 0 saturated carbocycles. The van der Waals surface area contributed by atoms with Gasteiger partial charge in [-0.3, -0.25) is 19.2 Å². The fourth-order valence-electron chi connectivity index (χ4n) is 7.06. The number of hydrogen-bond donors (Lipinski definition) is 1. The molecule has 10 nitrogen and oxygen atoms in total. The monoisotopic (exact) mass is 794 g/mol. The van der Waals surface area contributed by atoms with Crippen molar-refractivity contribution >= 4 is 66.1 Å². The number of carbonyl (C=O) groups is 5. The quantitative estimate of drug-likeness (QED) is 0.0418. The van der Waals surface area contributed by atoms with Crippen molar-refractivity contribution in [3.8, 4) is 0 Å². The maximum atomic E-state index is 15.1. The highest BCUT2D eigenvalue weighted by atomic mass is 31.2. The lowest BCUT2D eigenvalue weighted by molar-refractivity contribution is -0.171. The maximum absolute atomic E-state index is 15.1. The molecule has 2 amide bonds. The second kappa shape index (κ2) is 17.4. The molecule has 4 aromatic carbocycles. The van der Waals surface area contributed by atoms with Gasteiger partial charge in [0.1, 0.15) is 5.42 Å². The third-order valence-corrected chi connectivity index (χ3v) is 14.9. The van der Waals surface area contributed by atoms with Crippen molar-refractivity contribution in [3.05, 3.63) is 126 Å². The number of β-lactam (4-membered cyclic amide) rings is 1. The van der Waals surface area contributed by atoms with E-state index in [1.807, 2.05) is 118 Å². The number of ketones is 1. The number of amides is 2. The van der Waals surface area contributed by atoms with Crippen LogP contribution in [0.25, 0.3) is 0 Å². The Morgan fingerprint density at radius 1 is 0.768 bits per heavy atom. The first-order chi connectivity index (χ1) is 26.5. The third-order valence-electron chi connectivity index (χ3n) is 9.53. The van der Waals surface area contributed by atoms with Crippen molar-refractivity contribution in [1.29, 1.82) is 0 Å². The van der Waals surface area contributed by atoms with Crippen LogP contribution in [0.3, 0.4) is 0 Å². The van der Waals surface area contributed by atoms with Crippen LogP contribution in [0.2, 0.25) is 19.6 Å². The van der Waals surface area contributed by atoms with Gasteiger partial charge < -0.3 is 24.1 Å². The number of esters is 2. The minimum absolute atomic E-state index is 0.0475. The molecule has 0 unspecified atom stereocenters. The van der Waals surface area contributed by atoms with E-state index in [9.17, 15) is 14.4 Å². The third kappa shape index (κ3) is 8.96. The van der Waals surface area contributed by atoms with Crippen molar-refractivity contribution in [2.24, 2.45) is 11.3 Å². The molecule has 0 radical (unpaired) electrons. The van der Waals surface area contributed by atoms with Crippen LogP contribution in [0.5, 0.6) is 0 Å². The summed E-state index contributed by atoms with van der Waals surface area (Å²) in [5.74, 6) is -3.28. The standard InChI is InChI=1S/C44H51N2O8PSi/c1-30(54-56(6,7)8)38-36(28-37(47)31-19-18-20-32(27-31)39(48)45-5)46(40(38)49)41(42(50)52-29-53-43(51)44(2,3)4)55(33-21-12-9-13-22-33,34-23-14-10-15-24-34)35-25-16-11-17-26-35/h9-27,30,36,38H,28-29H2,1-8H3,(H,45,48)/t30-,36-,38-/m1/s1. The van der Waals surface area contributed by atoms with Crippen LogP contribution in [0, 0.1) is 11.3 Å². The molecule has 294 valence electrons. The molecule has 5 rings (SSSR count). The minimum Gasteiger partial charge on any atom is -0.427 e. The van der Waals surface area contributed by atoms with E-state index >= 15 is 9.59 Å². The number of rotatable bonds is 14. The van der Waals surface area contributed by atoms with Crippen LogP contribution in [0.15, 0.2) is 115 Å². The van der Waals surface area contributed by atoms with Gasteiger partial charge in [-0.2, -0.15) is 0 Å². The molecule has 0 aliphatic carbocycles. The van der Waals surface area contributed by atoms with E-state index in [4.69, 9.17) is 13.9 Å². The SMILES string of the molecule is CNC(=O)c1cccc(C(=O)C[C@@H]2[C@@H]([C@@H](C)O[Si](C)(C)C)C(=O)N2C(C(=O)OCOC(=O)C(C)(C)C)=P(c2ccccc2)(c2ccccc2)c2ccccc2)c1. The maximum Gasteiger partial charge on any atom is 0.358 e. The first-order valence-corrected chi connectivity index (χ1v) is 23.8. The molecule has 1 heterocycles. The highest BCUT2D eigenvalue weighted by molar-refractivity contribution is 7.96. The Morgan fingerprint density at radius 2 is 1.27 bits per heavy atom. The number of likely N-dealkylation sites (tertiary alicyclic amines) is 1. The molecule has 3 atom stereocenters. The number of benzene rings is 4. The smallest absolute Gasteiger partial charge is 0.358 e. The Morgan fingerprint density at radius 3 is 1.73 bits per heavy atom. The molecule has 12 heteroatoms. The van der Waals surface area contributed by atoms with Crippen LogP contribution in [0.4, 0.5) is 0 Å². The predicted molar refractivity (Wildman–Crippen MR) is 223 cm³/mol. The average molecular weight is 795 g/mol. The van der Waals surface area contributed by atoms with E-state index in [0.717, 1.165) is 15.9 Å². The van der Waals surface area contributed by atoms with Gasteiger partial charge in [-0.15, -0.1) is 0 Å². The molecular formula is C44H51N2O8PSi. The molecular weight excluding hydrogens is 744 g/mol. The molecule has 1 fully saturated rings. The van der Waals surface area contributed by atoms with Crippen LogP contribution in [0.1, 0.15) is 54.8 Å². The lowest BCUT2D eigenvalue weighted by Crippen LogP contribution is -2.69. The van der Waals surface area contributed by atoms with Crippen LogP contribution < -0.4 is 21.2 Å². The molecule has 0 spiro atoms. The molecule has 4 aromatic rings. The summed E-state index contributed by atoms with van der Waals surface area (Å²) in [6, 6.07) is 34.1. The minimum atomic E-state index is -3.34. The molecule has 1 saturated heterocycles. The zero-order valence-corrected chi connectivity index (χ0v) is 35.2. The van der Waals surface area contributed by atoms with Gasteiger partial charge in [0, 0.05) is 31.5 Å². The van der Waals surface area contributed by atoms with E-state index in [1.54, 1.807) is 39.0 Å². The summed E-state index contributed by atoms with van der Waals surface area (Å²) in [6.45, 7) is 8.97. The van der Waals surface area contributed by atoms with Crippen molar-refractivity contribution in [1.82, 2.24) is 10.2 Å². The Kier molecular flexibility index (Phi) is 13.0. The van der Waals surface area contributed by atoms with Crippen molar-refractivity contribution in [3.63, 3.8) is 0 Å². The summed E-state index contributed by atoms with van der Waals surface area (Å²) < 4.78 is 17.8. The Labute approximate surface area is 330 Å². The molecule has 0 bridgehead atoms. The van der Waals surface area contributed by atoms with Gasteiger partial charge in [0.25, 0.3) is 5.91 Å². The normalized spacial score (nSPS) is 16.3. The van der Waals surface area contributed by atoms with E-state index in [0.29, 0.717) is 5.56 Å². The summed E-state index contributed by atoms with van der Waals surface area (Å²) in [7, 11) is -0.687. The van der Waals surface area contributed by atoms with E-state index in [1.165, 1.54) is 18.0 Å². The van der Waals surface area contributed by atoms with Crippen molar-refractivity contribution in [2.75, 3.05) is 13.8 Å². The molecule has 56 heavy (non-hydrogen) atoms. The Balaban J connectivity index is 1.81. The van der Waals surface area contributed by atoms with E-state index in [-0.39, 0.29) is 29.1 Å². The molecule has 1 N–H and O–H groups in total. The van der Waals surface area contributed by atoms with Gasteiger partial charge >= 0.3 is 11.9 Å². The number of ether oxygens (including phenoxy) is 2. The zero-order chi connectivity index (χ0) is 40.8. The first-order valence-electron chi connectivity index (χ1n) is 18.6. The fraction of sp³-hybridized carbons (Fsp3) is 0.318. The lowest BCUT2D eigenvalue weighted by Gasteiger charge is -2.52.